The van der Waals surface area contributed by atoms with E-state index in [-0.39, 0.29) is 11.5 Å². The van der Waals surface area contributed by atoms with Crippen LogP contribution in [0.25, 0.3) is 0 Å². The zero-order chi connectivity index (χ0) is 20.1. The number of Topliss-reactive ketones (excluding diaryl/α,β-unsaturated/α-hetero) is 2. The molecule has 0 saturated carbocycles. The van der Waals surface area contributed by atoms with Gasteiger partial charge in [0.05, 0.1) is 12.1 Å². The Morgan fingerprint density at radius 2 is 1.71 bits per heavy atom. The highest BCUT2D eigenvalue weighted by atomic mass is 19.1. The molecule has 3 aromatic rings. The van der Waals surface area contributed by atoms with E-state index < -0.39 is 24.0 Å². The van der Waals surface area contributed by atoms with Gasteiger partial charge in [0, 0.05) is 12.7 Å². The fourth-order valence-corrected chi connectivity index (χ4v) is 2.66. The molecule has 1 heterocycles. The van der Waals surface area contributed by atoms with Gasteiger partial charge in [-0.25, -0.2) is 9.18 Å². The third-order valence-electron chi connectivity index (χ3n) is 3.98. The Balaban J connectivity index is 1.73. The number of carbonyl (C=O) groups is 3. The molecule has 7 heteroatoms. The third kappa shape index (κ3) is 4.70. The normalized spacial score (nSPS) is 10.5. The minimum atomic E-state index is -1.63. The SMILES string of the molecule is O=C(O)C(=O)CC(=O)c1cccn1Cc1cccc(Oc2ccc(F)cc2)c1. The second-order valence-electron chi connectivity index (χ2n) is 6.05. The summed E-state index contributed by atoms with van der Waals surface area (Å²) < 4.78 is 20.3. The first-order valence-electron chi connectivity index (χ1n) is 8.39. The van der Waals surface area contributed by atoms with E-state index in [0.29, 0.717) is 18.0 Å². The molecule has 0 bridgehead atoms. The quantitative estimate of drug-likeness (QED) is 0.365. The number of benzene rings is 2. The van der Waals surface area contributed by atoms with Crippen LogP contribution in [0.4, 0.5) is 4.39 Å². The average Bonchev–Trinajstić information content (AvgIpc) is 3.12. The summed E-state index contributed by atoms with van der Waals surface area (Å²) in [7, 11) is 0. The van der Waals surface area contributed by atoms with E-state index in [9.17, 15) is 18.8 Å². The van der Waals surface area contributed by atoms with E-state index in [4.69, 9.17) is 9.84 Å². The van der Waals surface area contributed by atoms with Gasteiger partial charge in [-0.3, -0.25) is 9.59 Å². The van der Waals surface area contributed by atoms with Crippen LogP contribution in [-0.4, -0.2) is 27.2 Å². The van der Waals surface area contributed by atoms with Gasteiger partial charge in [0.2, 0.25) is 5.78 Å². The molecule has 0 radical (unpaired) electrons. The van der Waals surface area contributed by atoms with Crippen molar-refractivity contribution in [2.45, 2.75) is 13.0 Å². The summed E-state index contributed by atoms with van der Waals surface area (Å²) in [6.45, 7) is 0.329. The Bertz CT molecular complexity index is 1020. The molecule has 0 fully saturated rings. The van der Waals surface area contributed by atoms with Crippen molar-refractivity contribution in [1.82, 2.24) is 4.57 Å². The summed E-state index contributed by atoms with van der Waals surface area (Å²) in [5, 5.41) is 8.66. The van der Waals surface area contributed by atoms with Crippen molar-refractivity contribution in [2.24, 2.45) is 0 Å². The van der Waals surface area contributed by atoms with Crippen molar-refractivity contribution in [1.29, 1.82) is 0 Å². The van der Waals surface area contributed by atoms with E-state index >= 15 is 0 Å². The number of halogens is 1. The Morgan fingerprint density at radius 1 is 0.964 bits per heavy atom. The molecule has 0 aliphatic rings. The molecule has 0 aliphatic heterocycles. The molecular weight excluding hydrogens is 365 g/mol. The molecule has 0 saturated heterocycles. The number of hydrogen-bond acceptors (Lipinski definition) is 4. The summed E-state index contributed by atoms with van der Waals surface area (Å²) in [5.74, 6) is -2.65. The maximum Gasteiger partial charge on any atom is 0.372 e. The van der Waals surface area contributed by atoms with Gasteiger partial charge in [0.1, 0.15) is 17.3 Å². The fraction of sp³-hybridized carbons (Fsp3) is 0.0952. The largest absolute Gasteiger partial charge is 0.475 e. The summed E-state index contributed by atoms with van der Waals surface area (Å²) in [6.07, 6.45) is 0.985. The van der Waals surface area contributed by atoms with Crippen LogP contribution < -0.4 is 4.74 Å². The zero-order valence-electron chi connectivity index (χ0n) is 14.7. The summed E-state index contributed by atoms with van der Waals surface area (Å²) in [4.78, 5) is 34.1. The number of carboxylic acid groups (broad SMARTS) is 1. The van der Waals surface area contributed by atoms with Gasteiger partial charge in [-0.15, -0.1) is 0 Å². The molecule has 1 N–H and O–H groups in total. The number of nitrogens with zero attached hydrogens (tertiary/aromatic N) is 1. The summed E-state index contributed by atoms with van der Waals surface area (Å²) in [6, 6.07) is 16.0. The highest BCUT2D eigenvalue weighted by Crippen LogP contribution is 2.23. The number of hydrogen-bond donors (Lipinski definition) is 1. The first-order chi connectivity index (χ1) is 13.4. The molecule has 2 aromatic carbocycles. The molecule has 0 unspecified atom stereocenters. The van der Waals surface area contributed by atoms with Gasteiger partial charge in [-0.05, 0) is 54.1 Å². The Kier molecular flexibility index (Phi) is 5.64. The molecule has 6 nitrogen and oxygen atoms in total. The molecule has 28 heavy (non-hydrogen) atoms. The highest BCUT2D eigenvalue weighted by molar-refractivity contribution is 6.37. The molecule has 0 spiro atoms. The molecule has 3 rings (SSSR count). The van der Waals surface area contributed by atoms with Crippen molar-refractivity contribution in [3.05, 3.63) is 83.9 Å². The van der Waals surface area contributed by atoms with E-state index in [1.807, 2.05) is 6.07 Å². The van der Waals surface area contributed by atoms with Crippen molar-refractivity contribution in [3.8, 4) is 11.5 Å². The van der Waals surface area contributed by atoms with Crippen LogP contribution in [-0.2, 0) is 16.1 Å². The smallest absolute Gasteiger partial charge is 0.372 e. The molecule has 0 atom stereocenters. The molecule has 142 valence electrons. The summed E-state index contributed by atoms with van der Waals surface area (Å²) >= 11 is 0. The number of carboxylic acids is 1. The zero-order valence-corrected chi connectivity index (χ0v) is 14.7. The lowest BCUT2D eigenvalue weighted by atomic mass is 10.1. The Hall–Kier alpha value is -3.74. The number of rotatable bonds is 8. The maximum atomic E-state index is 13.0. The van der Waals surface area contributed by atoms with Crippen LogP contribution in [0, 0.1) is 5.82 Å². The van der Waals surface area contributed by atoms with Crippen LogP contribution in [0.3, 0.4) is 0 Å². The summed E-state index contributed by atoms with van der Waals surface area (Å²) in [5.41, 5.74) is 1.08. The number of aromatic nitrogens is 1. The van der Waals surface area contributed by atoms with E-state index in [2.05, 4.69) is 0 Å². The number of aliphatic carboxylic acids is 1. The topological polar surface area (TPSA) is 85.6 Å². The van der Waals surface area contributed by atoms with Crippen molar-refractivity contribution < 1.29 is 28.6 Å². The van der Waals surface area contributed by atoms with Crippen LogP contribution in [0.15, 0.2) is 66.9 Å². The Labute approximate surface area is 159 Å². The van der Waals surface area contributed by atoms with Gasteiger partial charge >= 0.3 is 5.97 Å². The lowest BCUT2D eigenvalue weighted by molar-refractivity contribution is -0.148. The monoisotopic (exact) mass is 381 g/mol. The maximum absolute atomic E-state index is 13.0. The molecular formula is C21H16FNO5. The Morgan fingerprint density at radius 3 is 2.43 bits per heavy atom. The predicted molar refractivity (Wildman–Crippen MR) is 98.0 cm³/mol. The predicted octanol–water partition coefficient (Wildman–Crippen LogP) is 3.69. The fourth-order valence-electron chi connectivity index (χ4n) is 2.66. The van der Waals surface area contributed by atoms with Crippen LogP contribution in [0.2, 0.25) is 0 Å². The van der Waals surface area contributed by atoms with E-state index in [1.54, 1.807) is 35.0 Å². The molecule has 0 aliphatic carbocycles. The van der Waals surface area contributed by atoms with Gasteiger partial charge in [0.25, 0.3) is 0 Å². The number of ketones is 2. The van der Waals surface area contributed by atoms with Gasteiger partial charge in [-0.1, -0.05) is 12.1 Å². The highest BCUT2D eigenvalue weighted by Gasteiger charge is 2.20. The molecule has 1 aromatic heterocycles. The van der Waals surface area contributed by atoms with Crippen molar-refractivity contribution in [2.75, 3.05) is 0 Å². The second kappa shape index (κ2) is 8.30. The third-order valence-corrected chi connectivity index (χ3v) is 3.98. The minimum Gasteiger partial charge on any atom is -0.475 e. The van der Waals surface area contributed by atoms with E-state index in [1.165, 1.54) is 30.3 Å². The lowest BCUT2D eigenvalue weighted by Gasteiger charge is -2.10. The average molecular weight is 381 g/mol. The second-order valence-corrected chi connectivity index (χ2v) is 6.05. The van der Waals surface area contributed by atoms with Crippen molar-refractivity contribution in [3.63, 3.8) is 0 Å². The van der Waals surface area contributed by atoms with Gasteiger partial charge in [0.15, 0.2) is 5.78 Å². The lowest BCUT2D eigenvalue weighted by Crippen LogP contribution is -2.19. The van der Waals surface area contributed by atoms with Crippen LogP contribution in [0.5, 0.6) is 11.5 Å². The van der Waals surface area contributed by atoms with Gasteiger partial charge < -0.3 is 14.4 Å². The van der Waals surface area contributed by atoms with Crippen LogP contribution >= 0.6 is 0 Å². The first kappa shape index (κ1) is 19.0. The first-order valence-corrected chi connectivity index (χ1v) is 8.39. The van der Waals surface area contributed by atoms with Gasteiger partial charge in [-0.2, -0.15) is 0 Å². The standard InChI is InChI=1S/C21H16FNO5/c22-15-6-8-16(9-7-15)28-17-4-1-3-14(11-17)13-23-10-2-5-18(23)19(24)12-20(25)21(26)27/h1-11H,12-13H2,(H,26,27). The van der Waals surface area contributed by atoms with Crippen molar-refractivity contribution >= 4 is 17.5 Å². The van der Waals surface area contributed by atoms with E-state index in [0.717, 1.165) is 5.56 Å². The number of ether oxygens (including phenoxy) is 1. The molecule has 0 amide bonds. The minimum absolute atomic E-state index is 0.249. The number of carbonyl (C=O) groups excluding carboxylic acids is 2. The van der Waals surface area contributed by atoms with Crippen LogP contribution in [0.1, 0.15) is 22.5 Å².